The maximum absolute atomic E-state index is 12.6. The molecule has 1 aliphatic rings. The largest absolute Gasteiger partial charge is 0.365 e. The fourth-order valence-electron chi connectivity index (χ4n) is 3.67. The van der Waals surface area contributed by atoms with Crippen LogP contribution in [0.1, 0.15) is 37.6 Å². The molecule has 7 heteroatoms. The molecule has 160 valence electrons. The molecule has 2 aromatic carbocycles. The number of nitrogens with one attached hydrogen (secondary N) is 1. The van der Waals surface area contributed by atoms with Gasteiger partial charge in [0.1, 0.15) is 5.82 Å². The molecule has 0 fully saturated rings. The van der Waals surface area contributed by atoms with Crippen molar-refractivity contribution >= 4 is 34.3 Å². The van der Waals surface area contributed by atoms with E-state index in [0.717, 1.165) is 22.3 Å². The van der Waals surface area contributed by atoms with Gasteiger partial charge in [-0.05, 0) is 29.2 Å². The third-order valence-corrected chi connectivity index (χ3v) is 5.52. The van der Waals surface area contributed by atoms with E-state index in [1.54, 1.807) is 0 Å². The third-order valence-electron chi connectivity index (χ3n) is 5.52. The number of pyridine rings is 1. The number of rotatable bonds is 4. The van der Waals surface area contributed by atoms with Crippen LogP contribution in [0.3, 0.4) is 0 Å². The summed E-state index contributed by atoms with van der Waals surface area (Å²) in [7, 11) is 0. The molecule has 5 rings (SSSR count). The molecule has 0 saturated heterocycles. The van der Waals surface area contributed by atoms with E-state index in [1.807, 2.05) is 48.5 Å². The summed E-state index contributed by atoms with van der Waals surface area (Å²) < 4.78 is 1.30. The second-order valence-corrected chi connectivity index (χ2v) is 8.97. The molecule has 32 heavy (non-hydrogen) atoms. The average Bonchev–Trinajstić information content (AvgIpc) is 3.22. The monoisotopic (exact) mass is 424 g/mol. The Morgan fingerprint density at radius 2 is 1.75 bits per heavy atom. The van der Waals surface area contributed by atoms with E-state index >= 15 is 0 Å². The van der Waals surface area contributed by atoms with Crippen LogP contribution in [0.25, 0.3) is 22.3 Å². The normalized spacial score (nSPS) is 13.7. The number of carbonyl (C=O) groups excluding carboxylic acids is 1. The molecular formula is C25H24N6O. The number of fused-ring (bicyclic) bond motifs is 2. The minimum absolute atomic E-state index is 0.0709. The molecule has 2 aromatic heterocycles. The SMILES string of the molecule is CC(C)(C)c1ccc(-c2nc3n(n2)C(=O)CC(CNc2ccc4ccccc4n2)=N3)cc1. The summed E-state index contributed by atoms with van der Waals surface area (Å²) in [6, 6.07) is 20.0. The van der Waals surface area contributed by atoms with Crippen LogP contribution in [0.2, 0.25) is 0 Å². The Labute approximate surface area is 186 Å². The molecule has 0 saturated carbocycles. The molecular weight excluding hydrogens is 400 g/mol. The molecule has 0 unspecified atom stereocenters. The molecule has 0 radical (unpaired) electrons. The number of nitrogens with zero attached hydrogens (tertiary/aromatic N) is 5. The van der Waals surface area contributed by atoms with Crippen LogP contribution in [-0.2, 0) is 5.41 Å². The van der Waals surface area contributed by atoms with Crippen LogP contribution in [-0.4, -0.2) is 37.9 Å². The summed E-state index contributed by atoms with van der Waals surface area (Å²) in [5.74, 6) is 1.43. The van der Waals surface area contributed by atoms with Crippen molar-refractivity contribution in [2.75, 3.05) is 11.9 Å². The van der Waals surface area contributed by atoms with E-state index in [9.17, 15) is 4.79 Å². The van der Waals surface area contributed by atoms with Gasteiger partial charge in [0.2, 0.25) is 0 Å². The minimum atomic E-state index is -0.136. The topological polar surface area (TPSA) is 85.1 Å². The van der Waals surface area contributed by atoms with Gasteiger partial charge in [0.15, 0.2) is 5.82 Å². The summed E-state index contributed by atoms with van der Waals surface area (Å²) in [6.45, 7) is 6.93. The Hall–Kier alpha value is -3.87. The van der Waals surface area contributed by atoms with Gasteiger partial charge in [-0.3, -0.25) is 4.79 Å². The molecule has 1 N–H and O–H groups in total. The lowest BCUT2D eigenvalue weighted by Gasteiger charge is -2.18. The lowest BCUT2D eigenvalue weighted by Crippen LogP contribution is -2.25. The summed E-state index contributed by atoms with van der Waals surface area (Å²) in [5.41, 5.74) is 3.79. The van der Waals surface area contributed by atoms with Gasteiger partial charge in [0, 0.05) is 10.9 Å². The molecule has 4 aromatic rings. The molecule has 0 amide bonds. The quantitative estimate of drug-likeness (QED) is 0.497. The maximum Gasteiger partial charge on any atom is 0.255 e. The Morgan fingerprint density at radius 1 is 0.969 bits per heavy atom. The Balaban J connectivity index is 1.35. The molecule has 1 aliphatic heterocycles. The number of aliphatic imine (C=N–C) groups is 1. The van der Waals surface area contributed by atoms with Gasteiger partial charge in [-0.1, -0.05) is 63.2 Å². The van der Waals surface area contributed by atoms with E-state index in [1.165, 1.54) is 10.2 Å². The van der Waals surface area contributed by atoms with E-state index in [-0.39, 0.29) is 17.7 Å². The third kappa shape index (κ3) is 3.89. The first-order chi connectivity index (χ1) is 15.4. The van der Waals surface area contributed by atoms with Crippen LogP contribution in [0.4, 0.5) is 11.8 Å². The summed E-state index contributed by atoms with van der Waals surface area (Å²) in [4.78, 5) is 26.3. The number of benzene rings is 2. The van der Waals surface area contributed by atoms with Crippen molar-refractivity contribution in [3.63, 3.8) is 0 Å². The highest BCUT2D eigenvalue weighted by Gasteiger charge is 2.24. The van der Waals surface area contributed by atoms with Crippen molar-refractivity contribution in [2.24, 2.45) is 4.99 Å². The van der Waals surface area contributed by atoms with E-state index < -0.39 is 0 Å². The minimum Gasteiger partial charge on any atom is -0.365 e. The summed E-state index contributed by atoms with van der Waals surface area (Å²) in [6.07, 6.45) is 0.194. The zero-order valence-electron chi connectivity index (χ0n) is 18.3. The van der Waals surface area contributed by atoms with E-state index in [0.29, 0.717) is 24.0 Å². The predicted octanol–water partition coefficient (Wildman–Crippen LogP) is 5.02. The second kappa shape index (κ2) is 7.67. The molecule has 7 nitrogen and oxygen atoms in total. The first-order valence-corrected chi connectivity index (χ1v) is 10.6. The smallest absolute Gasteiger partial charge is 0.255 e. The first kappa shape index (κ1) is 20.1. The van der Waals surface area contributed by atoms with Crippen LogP contribution < -0.4 is 5.32 Å². The van der Waals surface area contributed by atoms with Gasteiger partial charge in [-0.25, -0.2) is 9.98 Å². The summed E-state index contributed by atoms with van der Waals surface area (Å²) >= 11 is 0. The Bertz CT molecular complexity index is 1350. The van der Waals surface area contributed by atoms with Gasteiger partial charge in [0.05, 0.1) is 24.2 Å². The predicted molar refractivity (Wildman–Crippen MR) is 127 cm³/mol. The van der Waals surface area contributed by atoms with Crippen LogP contribution in [0, 0.1) is 0 Å². The van der Waals surface area contributed by atoms with Crippen molar-refractivity contribution < 1.29 is 4.79 Å². The molecule has 0 spiro atoms. The van der Waals surface area contributed by atoms with Gasteiger partial charge in [-0.2, -0.15) is 9.67 Å². The van der Waals surface area contributed by atoms with Crippen molar-refractivity contribution in [3.8, 4) is 11.4 Å². The second-order valence-electron chi connectivity index (χ2n) is 8.97. The number of para-hydroxylation sites is 1. The number of carbonyl (C=O) groups is 1. The molecule has 3 heterocycles. The maximum atomic E-state index is 12.6. The molecule has 0 atom stereocenters. The van der Waals surface area contributed by atoms with Gasteiger partial charge >= 0.3 is 0 Å². The van der Waals surface area contributed by atoms with E-state index in [2.05, 4.69) is 58.3 Å². The van der Waals surface area contributed by atoms with Crippen molar-refractivity contribution in [1.29, 1.82) is 0 Å². The Kier molecular flexibility index (Phi) is 4.81. The Morgan fingerprint density at radius 3 is 2.53 bits per heavy atom. The number of hydrogen-bond acceptors (Lipinski definition) is 6. The highest BCUT2D eigenvalue weighted by atomic mass is 16.2. The highest BCUT2D eigenvalue weighted by molar-refractivity contribution is 6.07. The number of anilines is 1. The van der Waals surface area contributed by atoms with Gasteiger partial charge in [-0.15, -0.1) is 5.10 Å². The lowest BCUT2D eigenvalue weighted by atomic mass is 9.87. The lowest BCUT2D eigenvalue weighted by molar-refractivity contribution is 0.0906. The van der Waals surface area contributed by atoms with Gasteiger partial charge < -0.3 is 5.32 Å². The highest BCUT2D eigenvalue weighted by Crippen LogP contribution is 2.27. The standard InChI is InChI=1S/C25H24N6O/c1-25(2,3)18-11-8-17(9-12-18)23-29-24-27-19(14-22(32)31(24)30-23)15-26-21-13-10-16-6-4-5-7-20(16)28-21/h4-13H,14-15H2,1-3H3,(H,26,28). The fourth-order valence-corrected chi connectivity index (χ4v) is 3.67. The molecule has 0 bridgehead atoms. The number of hydrogen-bond donors (Lipinski definition) is 1. The van der Waals surface area contributed by atoms with Crippen LogP contribution in [0.15, 0.2) is 65.7 Å². The molecule has 0 aliphatic carbocycles. The fraction of sp³-hybridized carbons (Fsp3) is 0.240. The van der Waals surface area contributed by atoms with Crippen LogP contribution >= 0.6 is 0 Å². The van der Waals surface area contributed by atoms with E-state index in [4.69, 9.17) is 0 Å². The average molecular weight is 425 g/mol. The zero-order chi connectivity index (χ0) is 22.3. The summed E-state index contributed by atoms with van der Waals surface area (Å²) in [5, 5.41) is 8.74. The van der Waals surface area contributed by atoms with Crippen LogP contribution in [0.5, 0.6) is 0 Å². The van der Waals surface area contributed by atoms with Crippen molar-refractivity contribution in [1.82, 2.24) is 19.7 Å². The van der Waals surface area contributed by atoms with Crippen molar-refractivity contribution in [3.05, 3.63) is 66.2 Å². The van der Waals surface area contributed by atoms with Gasteiger partial charge in [0.25, 0.3) is 11.9 Å². The number of aromatic nitrogens is 4. The first-order valence-electron chi connectivity index (χ1n) is 10.6. The zero-order valence-corrected chi connectivity index (χ0v) is 18.3. The van der Waals surface area contributed by atoms with Crippen molar-refractivity contribution in [2.45, 2.75) is 32.6 Å².